The van der Waals surface area contributed by atoms with E-state index in [-0.39, 0.29) is 12.4 Å². The minimum absolute atomic E-state index is 0.0749. The van der Waals surface area contributed by atoms with Gasteiger partial charge in [-0.15, -0.1) is 0 Å². The van der Waals surface area contributed by atoms with Crippen molar-refractivity contribution < 1.29 is 23.1 Å². The second-order valence-corrected chi connectivity index (χ2v) is 5.82. The summed E-state index contributed by atoms with van der Waals surface area (Å²) in [5.41, 5.74) is 2.67. The Bertz CT molecular complexity index is 868. The molecule has 26 heavy (non-hydrogen) atoms. The molecule has 134 valence electrons. The number of hydrogen-bond donors (Lipinski definition) is 0. The van der Waals surface area contributed by atoms with Crippen LogP contribution in [0.1, 0.15) is 16.9 Å². The van der Waals surface area contributed by atoms with Gasteiger partial charge in [0.1, 0.15) is 42.6 Å². The van der Waals surface area contributed by atoms with Gasteiger partial charge in [-0.05, 0) is 55.0 Å². The molecular formula is C21H19FO4. The normalized spacial score (nSPS) is 10.7. The minimum Gasteiger partial charge on any atom is -0.489 e. The number of carbonyl (C=O) groups excluding carboxylic acids is 1. The summed E-state index contributed by atoms with van der Waals surface area (Å²) in [6.45, 7) is 2.66. The van der Waals surface area contributed by atoms with Gasteiger partial charge in [0.05, 0.1) is 6.61 Å². The van der Waals surface area contributed by atoms with Gasteiger partial charge >= 0.3 is 0 Å². The van der Waals surface area contributed by atoms with Crippen LogP contribution in [0.5, 0.6) is 5.75 Å². The highest BCUT2D eigenvalue weighted by Crippen LogP contribution is 2.26. The van der Waals surface area contributed by atoms with E-state index in [9.17, 15) is 9.18 Å². The summed E-state index contributed by atoms with van der Waals surface area (Å²) >= 11 is 0. The van der Waals surface area contributed by atoms with Crippen LogP contribution in [0.25, 0.3) is 11.3 Å². The number of aryl methyl sites for hydroxylation is 1. The summed E-state index contributed by atoms with van der Waals surface area (Å²) in [5.74, 6) is 1.87. The lowest BCUT2D eigenvalue weighted by Crippen LogP contribution is -1.98. The molecule has 1 aromatic heterocycles. The number of hydrogen-bond acceptors (Lipinski definition) is 4. The second-order valence-electron chi connectivity index (χ2n) is 5.82. The van der Waals surface area contributed by atoms with Crippen LogP contribution < -0.4 is 4.74 Å². The molecular weight excluding hydrogens is 335 g/mol. The van der Waals surface area contributed by atoms with Gasteiger partial charge in [0.2, 0.25) is 0 Å². The minimum atomic E-state index is -0.280. The first-order valence-electron chi connectivity index (χ1n) is 8.24. The van der Waals surface area contributed by atoms with Gasteiger partial charge in [-0.1, -0.05) is 12.1 Å². The lowest BCUT2D eigenvalue weighted by atomic mass is 10.1. The average molecular weight is 354 g/mol. The van der Waals surface area contributed by atoms with Crippen LogP contribution in [0, 0.1) is 12.7 Å². The molecule has 0 spiro atoms. The monoisotopic (exact) mass is 354 g/mol. The Morgan fingerprint density at radius 2 is 1.88 bits per heavy atom. The maximum atomic E-state index is 13.0. The molecule has 0 amide bonds. The molecule has 0 radical (unpaired) electrons. The maximum absolute atomic E-state index is 13.0. The van der Waals surface area contributed by atoms with E-state index < -0.39 is 0 Å². The zero-order valence-corrected chi connectivity index (χ0v) is 14.4. The van der Waals surface area contributed by atoms with Gasteiger partial charge in [0.15, 0.2) is 0 Å². The molecule has 5 heteroatoms. The van der Waals surface area contributed by atoms with E-state index in [1.807, 2.05) is 37.3 Å². The zero-order valence-electron chi connectivity index (χ0n) is 14.4. The molecule has 0 aliphatic carbocycles. The lowest BCUT2D eigenvalue weighted by molar-refractivity contribution is -0.112. The van der Waals surface area contributed by atoms with E-state index in [1.54, 1.807) is 12.1 Å². The number of rotatable bonds is 8. The topological polar surface area (TPSA) is 48.7 Å². The maximum Gasteiger partial charge on any atom is 0.145 e. The Hall–Kier alpha value is -2.92. The van der Waals surface area contributed by atoms with E-state index in [1.165, 1.54) is 12.1 Å². The highest BCUT2D eigenvalue weighted by Gasteiger charge is 2.10. The smallest absolute Gasteiger partial charge is 0.145 e. The molecule has 4 nitrogen and oxygen atoms in total. The molecule has 1 heterocycles. The fourth-order valence-corrected chi connectivity index (χ4v) is 2.53. The van der Waals surface area contributed by atoms with Crippen molar-refractivity contribution in [1.29, 1.82) is 0 Å². The summed E-state index contributed by atoms with van der Waals surface area (Å²) < 4.78 is 29.9. The van der Waals surface area contributed by atoms with Gasteiger partial charge in [-0.2, -0.15) is 0 Å². The van der Waals surface area contributed by atoms with Gasteiger partial charge in [-0.3, -0.25) is 0 Å². The fraction of sp³-hybridized carbons (Fsp3) is 0.190. The molecule has 0 N–H and O–H groups in total. The van der Waals surface area contributed by atoms with Gasteiger partial charge in [-0.25, -0.2) is 4.39 Å². The number of furan rings is 1. The number of aldehydes is 1. The summed E-state index contributed by atoms with van der Waals surface area (Å²) in [4.78, 5) is 10.3. The molecule has 0 aliphatic rings. The number of ether oxygens (including phenoxy) is 2. The van der Waals surface area contributed by atoms with Crippen molar-refractivity contribution >= 4 is 6.29 Å². The summed E-state index contributed by atoms with van der Waals surface area (Å²) in [7, 11) is 0. The van der Waals surface area contributed by atoms with Crippen LogP contribution in [0.2, 0.25) is 0 Å². The molecule has 0 atom stereocenters. The Kier molecular flexibility index (Phi) is 5.81. The van der Waals surface area contributed by atoms with E-state index in [4.69, 9.17) is 13.9 Å². The highest BCUT2D eigenvalue weighted by atomic mass is 19.1. The lowest BCUT2D eigenvalue weighted by Gasteiger charge is -2.07. The van der Waals surface area contributed by atoms with Crippen molar-refractivity contribution in [2.75, 3.05) is 6.61 Å². The third-order valence-corrected chi connectivity index (χ3v) is 3.90. The molecule has 3 aromatic rings. The molecule has 0 saturated carbocycles. The first-order valence-corrected chi connectivity index (χ1v) is 8.24. The summed E-state index contributed by atoms with van der Waals surface area (Å²) in [6.07, 6.45) is 0.723. The predicted octanol–water partition coefficient (Wildman–Crippen LogP) is 4.69. The Morgan fingerprint density at radius 3 is 2.65 bits per heavy atom. The van der Waals surface area contributed by atoms with Crippen molar-refractivity contribution in [2.45, 2.75) is 20.1 Å². The largest absolute Gasteiger partial charge is 0.489 e. The summed E-state index contributed by atoms with van der Waals surface area (Å²) in [5, 5.41) is 0. The first kappa shape index (κ1) is 17.9. The van der Waals surface area contributed by atoms with E-state index in [2.05, 4.69) is 0 Å². The van der Waals surface area contributed by atoms with Gasteiger partial charge in [0, 0.05) is 11.1 Å². The van der Waals surface area contributed by atoms with Crippen molar-refractivity contribution in [2.24, 2.45) is 0 Å². The number of benzene rings is 2. The van der Waals surface area contributed by atoms with Crippen LogP contribution in [0.15, 0.2) is 59.0 Å². The van der Waals surface area contributed by atoms with Crippen molar-refractivity contribution in [3.63, 3.8) is 0 Å². The van der Waals surface area contributed by atoms with Crippen molar-refractivity contribution in [3.8, 4) is 17.1 Å². The van der Waals surface area contributed by atoms with E-state index >= 15 is 0 Å². The van der Waals surface area contributed by atoms with Crippen molar-refractivity contribution in [3.05, 3.63) is 77.3 Å². The Balaban J connectivity index is 1.65. The number of halogens is 1. The van der Waals surface area contributed by atoms with Crippen LogP contribution in [-0.4, -0.2) is 12.9 Å². The van der Waals surface area contributed by atoms with Crippen LogP contribution in [0.3, 0.4) is 0 Å². The van der Waals surface area contributed by atoms with Crippen LogP contribution in [-0.2, 0) is 22.7 Å². The van der Waals surface area contributed by atoms with Crippen LogP contribution >= 0.6 is 0 Å². The Morgan fingerprint density at radius 1 is 1.08 bits per heavy atom. The van der Waals surface area contributed by atoms with Crippen molar-refractivity contribution in [1.82, 2.24) is 0 Å². The third kappa shape index (κ3) is 4.58. The quantitative estimate of drug-likeness (QED) is 0.435. The average Bonchev–Trinajstić information content (AvgIpc) is 3.02. The second kappa shape index (κ2) is 8.45. The van der Waals surface area contributed by atoms with Crippen LogP contribution in [0.4, 0.5) is 4.39 Å². The SMILES string of the molecule is Cc1oc(-c2ccc(F)cc2)cc1COc1cccc(COCC=O)c1. The zero-order chi connectivity index (χ0) is 18.4. The van der Waals surface area contributed by atoms with E-state index in [0.29, 0.717) is 24.7 Å². The highest BCUT2D eigenvalue weighted by molar-refractivity contribution is 5.58. The summed E-state index contributed by atoms with van der Waals surface area (Å²) in [6, 6.07) is 15.6. The van der Waals surface area contributed by atoms with E-state index in [0.717, 1.165) is 28.7 Å². The predicted molar refractivity (Wildman–Crippen MR) is 95.3 cm³/mol. The van der Waals surface area contributed by atoms with Gasteiger partial charge in [0.25, 0.3) is 0 Å². The standard InChI is InChI=1S/C21H19FO4/c1-15-18(12-21(26-15)17-5-7-19(22)8-6-17)14-25-20-4-2-3-16(11-20)13-24-10-9-23/h2-9,11-12H,10,13-14H2,1H3. The first-order chi connectivity index (χ1) is 12.7. The molecule has 0 bridgehead atoms. The third-order valence-electron chi connectivity index (χ3n) is 3.90. The number of carbonyl (C=O) groups is 1. The fourth-order valence-electron chi connectivity index (χ4n) is 2.53. The van der Waals surface area contributed by atoms with Gasteiger partial charge < -0.3 is 18.7 Å². The molecule has 3 rings (SSSR count). The molecule has 0 unspecified atom stereocenters. The molecule has 0 aliphatic heterocycles. The molecule has 0 saturated heterocycles. The molecule has 2 aromatic carbocycles. The Labute approximate surface area is 151 Å². The molecule has 0 fully saturated rings.